The van der Waals surface area contributed by atoms with E-state index in [0.717, 1.165) is 23.3 Å². The first kappa shape index (κ1) is 18.9. The summed E-state index contributed by atoms with van der Waals surface area (Å²) in [5, 5.41) is 19.8. The summed E-state index contributed by atoms with van der Waals surface area (Å²) in [4.78, 5) is 25.8. The smallest absolute Gasteiger partial charge is 0.352 e. The van der Waals surface area contributed by atoms with Gasteiger partial charge in [-0.3, -0.25) is 4.79 Å². The monoisotopic (exact) mass is 405 g/mol. The van der Waals surface area contributed by atoms with Crippen LogP contribution in [0.4, 0.5) is 0 Å². The van der Waals surface area contributed by atoms with Crippen molar-refractivity contribution >= 4 is 11.9 Å². The van der Waals surface area contributed by atoms with E-state index in [1.54, 1.807) is 6.92 Å². The molecule has 1 saturated heterocycles. The third-order valence-electron chi connectivity index (χ3n) is 6.68. The highest BCUT2D eigenvalue weighted by Crippen LogP contribution is 2.48. The number of benzene rings is 2. The molecule has 6 heteroatoms. The second kappa shape index (κ2) is 6.71. The minimum absolute atomic E-state index is 0.00220. The molecule has 2 heterocycles. The fourth-order valence-electron chi connectivity index (χ4n) is 5.26. The van der Waals surface area contributed by atoms with E-state index in [0.29, 0.717) is 5.57 Å². The van der Waals surface area contributed by atoms with E-state index in [-0.39, 0.29) is 30.2 Å². The molecule has 30 heavy (non-hydrogen) atoms. The number of carbonyl (C=O) groups is 2. The molecule has 3 aliphatic rings. The molecular formula is C24H23NO5. The van der Waals surface area contributed by atoms with Crippen molar-refractivity contribution in [1.29, 1.82) is 0 Å². The number of rotatable bonds is 5. The van der Waals surface area contributed by atoms with Gasteiger partial charge in [0.15, 0.2) is 0 Å². The number of β-lactam (4-membered cyclic amide) rings is 1. The van der Waals surface area contributed by atoms with Crippen LogP contribution in [0.3, 0.4) is 0 Å². The average molecular weight is 405 g/mol. The van der Waals surface area contributed by atoms with Crippen LogP contribution in [0.25, 0.3) is 11.1 Å². The molecule has 0 radical (unpaired) electrons. The summed E-state index contributed by atoms with van der Waals surface area (Å²) in [7, 11) is 0. The molecule has 2 aromatic carbocycles. The molecule has 2 N–H and O–H groups in total. The van der Waals surface area contributed by atoms with Crippen LogP contribution in [0, 0.1) is 11.8 Å². The lowest BCUT2D eigenvalue weighted by Gasteiger charge is -2.46. The molecule has 2 aromatic rings. The fourth-order valence-corrected chi connectivity index (χ4v) is 5.26. The highest BCUT2D eigenvalue weighted by Gasteiger charge is 2.59. The number of aliphatic hydroxyl groups is 1. The van der Waals surface area contributed by atoms with Crippen molar-refractivity contribution in [1.82, 2.24) is 4.90 Å². The zero-order valence-corrected chi connectivity index (χ0v) is 16.8. The Labute approximate surface area is 174 Å². The number of carboxylic acid groups (broad SMARTS) is 1. The number of carbonyl (C=O) groups excluding carboxylic acids is 1. The highest BCUT2D eigenvalue weighted by atomic mass is 16.5. The number of amides is 1. The lowest BCUT2D eigenvalue weighted by atomic mass is 9.78. The van der Waals surface area contributed by atoms with Gasteiger partial charge in [0, 0.05) is 17.1 Å². The van der Waals surface area contributed by atoms with Crippen LogP contribution in [0.5, 0.6) is 5.75 Å². The molecule has 4 atom stereocenters. The van der Waals surface area contributed by atoms with Gasteiger partial charge in [0.05, 0.1) is 18.1 Å². The number of ether oxygens (including phenoxy) is 1. The molecule has 0 bridgehead atoms. The van der Waals surface area contributed by atoms with Gasteiger partial charge in [-0.05, 0) is 36.1 Å². The van der Waals surface area contributed by atoms with Gasteiger partial charge in [-0.25, -0.2) is 4.79 Å². The fraction of sp³-hybridized carbons (Fsp3) is 0.333. The van der Waals surface area contributed by atoms with Crippen molar-refractivity contribution in [2.75, 3.05) is 6.61 Å². The molecule has 154 valence electrons. The third kappa shape index (κ3) is 2.53. The van der Waals surface area contributed by atoms with Crippen LogP contribution >= 0.6 is 0 Å². The molecule has 0 aromatic heterocycles. The Bertz CT molecular complexity index is 1100. The van der Waals surface area contributed by atoms with Crippen LogP contribution < -0.4 is 4.74 Å². The zero-order valence-electron chi connectivity index (χ0n) is 16.8. The van der Waals surface area contributed by atoms with E-state index in [4.69, 9.17) is 4.74 Å². The zero-order chi connectivity index (χ0) is 21.2. The van der Waals surface area contributed by atoms with E-state index in [2.05, 4.69) is 18.2 Å². The number of nitrogens with zero attached hydrogens (tertiary/aromatic N) is 1. The lowest BCUT2D eigenvalue weighted by molar-refractivity contribution is -0.163. The van der Waals surface area contributed by atoms with E-state index in [9.17, 15) is 19.8 Å². The summed E-state index contributed by atoms with van der Waals surface area (Å²) in [5.74, 6) is -1.51. The molecule has 1 amide bonds. The first-order chi connectivity index (χ1) is 14.4. The number of carboxylic acids is 1. The van der Waals surface area contributed by atoms with Crippen LogP contribution in [0.15, 0.2) is 53.7 Å². The Morgan fingerprint density at radius 1 is 1.20 bits per heavy atom. The molecule has 2 aliphatic heterocycles. The second-order valence-corrected chi connectivity index (χ2v) is 8.35. The van der Waals surface area contributed by atoms with Gasteiger partial charge in [0.2, 0.25) is 5.91 Å². The van der Waals surface area contributed by atoms with Crippen molar-refractivity contribution in [3.05, 3.63) is 64.9 Å². The SMILES string of the molecule is CC(O)C1C(=O)N2C(C(=O)O)=C(COc3cccc4c3-c3ccccc3C4)C(C)C12. The molecule has 1 fully saturated rings. The van der Waals surface area contributed by atoms with Crippen LogP contribution in [0.1, 0.15) is 25.0 Å². The maximum Gasteiger partial charge on any atom is 0.352 e. The summed E-state index contributed by atoms with van der Waals surface area (Å²) in [6.07, 6.45) is 0.0354. The van der Waals surface area contributed by atoms with Crippen LogP contribution in [-0.4, -0.2) is 45.7 Å². The van der Waals surface area contributed by atoms with Gasteiger partial charge in [-0.1, -0.05) is 43.3 Å². The first-order valence-electron chi connectivity index (χ1n) is 10.2. The normalized spacial score (nSPS) is 24.8. The molecule has 0 saturated carbocycles. The molecule has 4 unspecified atom stereocenters. The summed E-state index contributed by atoms with van der Waals surface area (Å²) < 4.78 is 6.17. The predicted octanol–water partition coefficient (Wildman–Crippen LogP) is 2.83. The van der Waals surface area contributed by atoms with Gasteiger partial charge < -0.3 is 19.8 Å². The van der Waals surface area contributed by atoms with Crippen molar-refractivity contribution in [2.45, 2.75) is 32.4 Å². The largest absolute Gasteiger partial charge is 0.488 e. The van der Waals surface area contributed by atoms with E-state index in [1.165, 1.54) is 16.0 Å². The maximum absolute atomic E-state index is 12.5. The molecule has 6 nitrogen and oxygen atoms in total. The Balaban J connectivity index is 1.47. The minimum Gasteiger partial charge on any atom is -0.488 e. The van der Waals surface area contributed by atoms with Crippen molar-refractivity contribution < 1.29 is 24.5 Å². The topological polar surface area (TPSA) is 87.1 Å². The summed E-state index contributed by atoms with van der Waals surface area (Å²) >= 11 is 0. The number of hydrogen-bond acceptors (Lipinski definition) is 4. The Hall–Kier alpha value is -3.12. The van der Waals surface area contributed by atoms with E-state index < -0.39 is 18.0 Å². The third-order valence-corrected chi connectivity index (χ3v) is 6.68. The van der Waals surface area contributed by atoms with Crippen LogP contribution in [-0.2, 0) is 16.0 Å². The Morgan fingerprint density at radius 2 is 1.93 bits per heavy atom. The van der Waals surface area contributed by atoms with Crippen LogP contribution in [0.2, 0.25) is 0 Å². The quantitative estimate of drug-likeness (QED) is 0.638. The van der Waals surface area contributed by atoms with E-state index >= 15 is 0 Å². The predicted molar refractivity (Wildman–Crippen MR) is 110 cm³/mol. The number of aliphatic hydroxyl groups excluding tert-OH is 1. The Morgan fingerprint density at radius 3 is 2.67 bits per heavy atom. The van der Waals surface area contributed by atoms with E-state index in [1.807, 2.05) is 31.2 Å². The van der Waals surface area contributed by atoms with Gasteiger partial charge in [-0.2, -0.15) is 0 Å². The molecule has 1 aliphatic carbocycles. The average Bonchev–Trinajstić information content (AvgIpc) is 3.20. The van der Waals surface area contributed by atoms with Crippen molar-refractivity contribution in [3.8, 4) is 16.9 Å². The lowest BCUT2D eigenvalue weighted by Crippen LogP contribution is -2.63. The van der Waals surface area contributed by atoms with Gasteiger partial charge in [0.25, 0.3) is 0 Å². The van der Waals surface area contributed by atoms with Crippen molar-refractivity contribution in [3.63, 3.8) is 0 Å². The standard InChI is InChI=1S/C24H23NO5/c1-12-17(22(24(28)29)25-21(12)19(13(2)26)23(25)27)11-30-18-9-5-7-15-10-14-6-3-4-8-16(14)20(15)18/h3-9,12-13,19,21,26H,10-11H2,1-2H3,(H,28,29). The molecule has 5 rings (SSSR count). The summed E-state index contributed by atoms with van der Waals surface area (Å²) in [6, 6.07) is 13.8. The van der Waals surface area contributed by atoms with Gasteiger partial charge >= 0.3 is 5.97 Å². The highest BCUT2D eigenvalue weighted by molar-refractivity contribution is 6.00. The number of fused-ring (bicyclic) bond motifs is 4. The molecule has 0 spiro atoms. The minimum atomic E-state index is -1.14. The Kier molecular flexibility index (Phi) is 4.22. The maximum atomic E-state index is 12.5. The van der Waals surface area contributed by atoms with Crippen molar-refractivity contribution in [2.24, 2.45) is 11.8 Å². The summed E-state index contributed by atoms with van der Waals surface area (Å²) in [6.45, 7) is 3.57. The second-order valence-electron chi connectivity index (χ2n) is 8.35. The summed E-state index contributed by atoms with van der Waals surface area (Å²) in [5.41, 5.74) is 5.22. The first-order valence-corrected chi connectivity index (χ1v) is 10.2. The number of aliphatic carboxylic acids is 1. The van der Waals surface area contributed by atoms with Gasteiger partial charge in [0.1, 0.15) is 18.1 Å². The molecular weight excluding hydrogens is 382 g/mol. The number of hydrogen-bond donors (Lipinski definition) is 2. The van der Waals surface area contributed by atoms with Gasteiger partial charge in [-0.15, -0.1) is 0 Å².